The molecule has 4 heteroatoms. The fourth-order valence-electron chi connectivity index (χ4n) is 0.400. The molecule has 0 saturated heterocycles. The third kappa shape index (κ3) is 3.95. The van der Waals surface area contributed by atoms with Gasteiger partial charge in [0.1, 0.15) is 0 Å². The first-order valence-corrected chi connectivity index (χ1v) is 3.62. The number of carbonyl (C=O) groups excluding carboxylic acids is 2. The Morgan fingerprint density at radius 1 is 1.25 bits per heavy atom. The topological polar surface area (TPSA) is 52.6 Å². The Morgan fingerprint density at radius 3 is 2.08 bits per heavy atom. The van der Waals surface area contributed by atoms with Crippen molar-refractivity contribution in [1.29, 1.82) is 0 Å². The molecule has 0 bridgehead atoms. The van der Waals surface area contributed by atoms with E-state index in [9.17, 15) is 9.59 Å². The molecule has 0 fully saturated rings. The van der Waals surface area contributed by atoms with E-state index >= 15 is 0 Å². The molecule has 0 spiro atoms. The minimum atomic E-state index is -0.575. The average Bonchev–Trinajstić information content (AvgIpc) is 1.97. The van der Waals surface area contributed by atoms with Crippen molar-refractivity contribution in [3.05, 3.63) is 0 Å². The predicted octanol–water partition coefficient (Wildman–Crippen LogP) is 0.749. The fourth-order valence-corrected chi connectivity index (χ4v) is 0.400. The molecular weight excluding hydrogens is 160 g/mol. The van der Waals surface area contributed by atoms with Crippen LogP contribution in [0.4, 0.5) is 0 Å². The number of hydrogen-bond donors (Lipinski definition) is 0. The Bertz CT molecular complexity index is 178. The average molecular weight is 174 g/mol. The normalized spacial score (nSPS) is 10.7. The lowest BCUT2D eigenvalue weighted by Gasteiger charge is -2.15. The van der Waals surface area contributed by atoms with Gasteiger partial charge in [-0.1, -0.05) is 0 Å². The summed E-state index contributed by atoms with van der Waals surface area (Å²) in [5, 5.41) is 0. The van der Waals surface area contributed by atoms with Gasteiger partial charge >= 0.3 is 11.9 Å². The number of rotatable bonds is 2. The monoisotopic (exact) mass is 174 g/mol. The number of carbonyl (C=O) groups is 2. The van der Waals surface area contributed by atoms with Crippen molar-refractivity contribution in [2.24, 2.45) is 5.41 Å². The molecule has 0 amide bonds. The Labute approximate surface area is 71.8 Å². The van der Waals surface area contributed by atoms with Crippen LogP contribution in [0.25, 0.3) is 0 Å². The van der Waals surface area contributed by atoms with Crippen molar-refractivity contribution in [1.82, 2.24) is 0 Å². The van der Waals surface area contributed by atoms with Gasteiger partial charge in [0.15, 0.2) is 6.61 Å². The predicted molar refractivity (Wildman–Crippen MR) is 42.4 cm³/mol. The van der Waals surface area contributed by atoms with Crippen molar-refractivity contribution in [3.63, 3.8) is 0 Å². The summed E-state index contributed by atoms with van der Waals surface area (Å²) in [5.74, 6) is -0.958. The van der Waals surface area contributed by atoms with Crippen LogP contribution in [0, 0.1) is 5.41 Å². The maximum Gasteiger partial charge on any atom is 0.344 e. The molecule has 0 unspecified atom stereocenters. The lowest BCUT2D eigenvalue weighted by molar-refractivity contribution is -0.162. The first-order chi connectivity index (χ1) is 5.38. The van der Waals surface area contributed by atoms with Crippen molar-refractivity contribution < 1.29 is 19.1 Å². The molecule has 0 aliphatic rings. The third-order valence-electron chi connectivity index (χ3n) is 1.16. The van der Waals surface area contributed by atoms with Gasteiger partial charge in [0.25, 0.3) is 0 Å². The van der Waals surface area contributed by atoms with Crippen LogP contribution in [-0.4, -0.2) is 25.7 Å². The van der Waals surface area contributed by atoms with E-state index in [2.05, 4.69) is 9.47 Å². The van der Waals surface area contributed by atoms with Gasteiger partial charge in [-0.05, 0) is 20.8 Å². The standard InChI is InChI=1S/C8H14O4/c1-8(2,3)7(10)12-5-6(9)11-4/h5H2,1-4H3. The third-order valence-corrected chi connectivity index (χ3v) is 1.16. The molecular formula is C8H14O4. The first kappa shape index (κ1) is 10.9. The summed E-state index contributed by atoms with van der Waals surface area (Å²) >= 11 is 0. The van der Waals surface area contributed by atoms with Gasteiger partial charge < -0.3 is 9.47 Å². The molecule has 0 radical (unpaired) electrons. The largest absolute Gasteiger partial charge is 0.466 e. The van der Waals surface area contributed by atoms with Crippen LogP contribution >= 0.6 is 0 Å². The fraction of sp³-hybridized carbons (Fsp3) is 0.750. The second-order valence-electron chi connectivity index (χ2n) is 3.40. The van der Waals surface area contributed by atoms with Crippen molar-refractivity contribution in [2.45, 2.75) is 20.8 Å². The highest BCUT2D eigenvalue weighted by atomic mass is 16.6. The Balaban J connectivity index is 3.81. The van der Waals surface area contributed by atoms with E-state index < -0.39 is 17.4 Å². The van der Waals surface area contributed by atoms with E-state index in [-0.39, 0.29) is 6.61 Å². The lowest BCUT2D eigenvalue weighted by Crippen LogP contribution is -2.25. The van der Waals surface area contributed by atoms with E-state index in [0.29, 0.717) is 0 Å². The second-order valence-corrected chi connectivity index (χ2v) is 3.40. The van der Waals surface area contributed by atoms with Gasteiger partial charge in [-0.2, -0.15) is 0 Å². The number of methoxy groups -OCH3 is 1. The van der Waals surface area contributed by atoms with E-state index in [4.69, 9.17) is 0 Å². The first-order valence-electron chi connectivity index (χ1n) is 3.62. The molecule has 0 aliphatic heterocycles. The summed E-state index contributed by atoms with van der Waals surface area (Å²) in [4.78, 5) is 21.6. The zero-order chi connectivity index (χ0) is 9.78. The van der Waals surface area contributed by atoms with Crippen LogP contribution in [0.2, 0.25) is 0 Å². The molecule has 0 heterocycles. The SMILES string of the molecule is COC(=O)COC(=O)C(C)(C)C. The maximum atomic E-state index is 11.1. The van der Waals surface area contributed by atoms with Crippen LogP contribution < -0.4 is 0 Å². The number of ether oxygens (including phenoxy) is 2. The van der Waals surface area contributed by atoms with E-state index in [1.807, 2.05) is 0 Å². The van der Waals surface area contributed by atoms with Gasteiger partial charge in [-0.15, -0.1) is 0 Å². The van der Waals surface area contributed by atoms with Crippen molar-refractivity contribution >= 4 is 11.9 Å². The molecule has 12 heavy (non-hydrogen) atoms. The quantitative estimate of drug-likeness (QED) is 0.579. The zero-order valence-corrected chi connectivity index (χ0v) is 7.84. The van der Waals surface area contributed by atoms with E-state index in [0.717, 1.165) is 0 Å². The van der Waals surface area contributed by atoms with Crippen molar-refractivity contribution in [3.8, 4) is 0 Å². The highest BCUT2D eigenvalue weighted by Gasteiger charge is 2.23. The Kier molecular flexibility index (Phi) is 3.73. The maximum absolute atomic E-state index is 11.1. The molecule has 0 aromatic heterocycles. The van der Waals surface area contributed by atoms with Gasteiger partial charge in [-0.25, -0.2) is 4.79 Å². The van der Waals surface area contributed by atoms with Crippen LogP contribution in [0.1, 0.15) is 20.8 Å². The van der Waals surface area contributed by atoms with Crippen LogP contribution in [0.3, 0.4) is 0 Å². The molecule has 0 saturated carbocycles. The minimum Gasteiger partial charge on any atom is -0.466 e. The Morgan fingerprint density at radius 2 is 1.75 bits per heavy atom. The molecule has 0 N–H and O–H groups in total. The Hall–Kier alpha value is -1.06. The zero-order valence-electron chi connectivity index (χ0n) is 7.84. The lowest BCUT2D eigenvalue weighted by atomic mass is 9.97. The minimum absolute atomic E-state index is 0.313. The molecule has 70 valence electrons. The molecule has 0 atom stereocenters. The number of esters is 2. The van der Waals surface area contributed by atoms with Gasteiger partial charge in [0.05, 0.1) is 12.5 Å². The van der Waals surface area contributed by atoms with Gasteiger partial charge in [0, 0.05) is 0 Å². The second kappa shape index (κ2) is 4.09. The van der Waals surface area contributed by atoms with E-state index in [1.165, 1.54) is 7.11 Å². The van der Waals surface area contributed by atoms with Crippen LogP contribution in [-0.2, 0) is 19.1 Å². The summed E-state index contributed by atoms with van der Waals surface area (Å²) in [6.45, 7) is 4.83. The van der Waals surface area contributed by atoms with Gasteiger partial charge in [0.2, 0.25) is 0 Å². The number of hydrogen-bond acceptors (Lipinski definition) is 4. The molecule has 4 nitrogen and oxygen atoms in total. The molecule has 0 rings (SSSR count). The van der Waals surface area contributed by atoms with Crippen molar-refractivity contribution in [2.75, 3.05) is 13.7 Å². The highest BCUT2D eigenvalue weighted by Crippen LogP contribution is 2.14. The summed E-state index contributed by atoms with van der Waals surface area (Å²) in [6, 6.07) is 0. The smallest absolute Gasteiger partial charge is 0.344 e. The van der Waals surface area contributed by atoms with Crippen LogP contribution in [0.5, 0.6) is 0 Å². The summed E-state index contributed by atoms with van der Waals surface area (Å²) in [7, 11) is 1.24. The van der Waals surface area contributed by atoms with Crippen LogP contribution in [0.15, 0.2) is 0 Å². The van der Waals surface area contributed by atoms with Gasteiger partial charge in [-0.3, -0.25) is 4.79 Å². The molecule has 0 aromatic carbocycles. The molecule has 0 aromatic rings. The summed E-state index contributed by atoms with van der Waals surface area (Å²) in [6.07, 6.45) is 0. The summed E-state index contributed by atoms with van der Waals surface area (Å²) in [5.41, 5.74) is -0.575. The van der Waals surface area contributed by atoms with E-state index in [1.54, 1.807) is 20.8 Å². The summed E-state index contributed by atoms with van der Waals surface area (Å²) < 4.78 is 8.94. The highest BCUT2D eigenvalue weighted by molar-refractivity contribution is 5.79. The molecule has 0 aliphatic carbocycles.